The number of hydrogen-bond donors (Lipinski definition) is 1. The Labute approximate surface area is 189 Å². The van der Waals surface area contributed by atoms with E-state index in [2.05, 4.69) is 16.8 Å². The van der Waals surface area contributed by atoms with E-state index in [1.807, 2.05) is 49.4 Å². The van der Waals surface area contributed by atoms with Crippen molar-refractivity contribution in [3.63, 3.8) is 0 Å². The second kappa shape index (κ2) is 9.57. The summed E-state index contributed by atoms with van der Waals surface area (Å²) in [5, 5.41) is 11.0. The summed E-state index contributed by atoms with van der Waals surface area (Å²) in [5.41, 5.74) is 2.74. The van der Waals surface area contributed by atoms with Crippen LogP contribution in [0.25, 0.3) is 0 Å². The summed E-state index contributed by atoms with van der Waals surface area (Å²) < 4.78 is 7.04. The van der Waals surface area contributed by atoms with Gasteiger partial charge in [-0.05, 0) is 74.7 Å². The number of aromatic hydroxyl groups is 1. The molecule has 1 atom stereocenters. The fourth-order valence-corrected chi connectivity index (χ4v) is 4.51. The quantitative estimate of drug-likeness (QED) is 0.633. The number of methoxy groups -OCH3 is 1. The van der Waals surface area contributed by atoms with Crippen molar-refractivity contribution in [1.82, 2.24) is 14.5 Å². The number of hydrogen-bond acceptors (Lipinski definition) is 5. The summed E-state index contributed by atoms with van der Waals surface area (Å²) >= 11 is 0. The first-order chi connectivity index (χ1) is 15.5. The predicted molar refractivity (Wildman–Crippen MR) is 125 cm³/mol. The molecular formula is C26H31N3O3. The normalized spacial score (nSPS) is 16.1. The van der Waals surface area contributed by atoms with E-state index in [1.165, 1.54) is 0 Å². The first-order valence-electron chi connectivity index (χ1n) is 11.2. The van der Waals surface area contributed by atoms with E-state index in [9.17, 15) is 9.90 Å². The molecule has 32 heavy (non-hydrogen) atoms. The highest BCUT2D eigenvalue weighted by molar-refractivity contribution is 5.42. The minimum Gasteiger partial charge on any atom is -0.507 e. The van der Waals surface area contributed by atoms with Gasteiger partial charge in [-0.2, -0.15) is 0 Å². The van der Waals surface area contributed by atoms with E-state index in [0.717, 1.165) is 42.9 Å². The Morgan fingerprint density at radius 3 is 2.50 bits per heavy atom. The molecule has 1 N–H and O–H groups in total. The summed E-state index contributed by atoms with van der Waals surface area (Å²) in [6.45, 7) is 6.24. The Morgan fingerprint density at radius 1 is 1.16 bits per heavy atom. The lowest BCUT2D eigenvalue weighted by Crippen LogP contribution is -2.40. The van der Waals surface area contributed by atoms with E-state index in [0.29, 0.717) is 23.7 Å². The lowest BCUT2D eigenvalue weighted by molar-refractivity contribution is 0.154. The standard InChI is InChI=1S/C26H31N3O3/c1-18-11-14-28(15-12-18)25(20-7-9-22(32-3)10-8-20)24-23(30)16-19(2)29(26(24)31)17-21-6-4-5-13-27-21/h4-10,13,16,18,25,30H,11-12,14-15,17H2,1-3H3. The van der Waals surface area contributed by atoms with Gasteiger partial charge in [0.25, 0.3) is 5.56 Å². The summed E-state index contributed by atoms with van der Waals surface area (Å²) in [7, 11) is 1.64. The number of ether oxygens (including phenoxy) is 1. The average molecular weight is 434 g/mol. The van der Waals surface area contributed by atoms with Crippen molar-refractivity contribution in [2.45, 2.75) is 39.3 Å². The summed E-state index contributed by atoms with van der Waals surface area (Å²) in [4.78, 5) is 20.5. The highest BCUT2D eigenvalue weighted by Gasteiger charge is 2.31. The molecule has 0 bridgehead atoms. The van der Waals surface area contributed by atoms with Gasteiger partial charge in [-0.3, -0.25) is 14.7 Å². The molecule has 1 aliphatic rings. The second-order valence-corrected chi connectivity index (χ2v) is 8.69. The summed E-state index contributed by atoms with van der Waals surface area (Å²) in [6, 6.07) is 14.9. The van der Waals surface area contributed by atoms with Gasteiger partial charge in [0.15, 0.2) is 0 Å². The minimum absolute atomic E-state index is 0.0456. The van der Waals surface area contributed by atoms with Crippen molar-refractivity contribution in [2.75, 3.05) is 20.2 Å². The lowest BCUT2D eigenvalue weighted by atomic mass is 9.92. The molecule has 0 amide bonds. The second-order valence-electron chi connectivity index (χ2n) is 8.69. The molecule has 3 aromatic rings. The maximum Gasteiger partial charge on any atom is 0.260 e. The largest absolute Gasteiger partial charge is 0.507 e. The Morgan fingerprint density at radius 2 is 1.88 bits per heavy atom. The van der Waals surface area contributed by atoms with Gasteiger partial charge < -0.3 is 14.4 Å². The van der Waals surface area contributed by atoms with Gasteiger partial charge in [-0.25, -0.2) is 0 Å². The van der Waals surface area contributed by atoms with Crippen LogP contribution in [0.2, 0.25) is 0 Å². The van der Waals surface area contributed by atoms with Gasteiger partial charge >= 0.3 is 0 Å². The average Bonchev–Trinajstić information content (AvgIpc) is 2.81. The van der Waals surface area contributed by atoms with Gasteiger partial charge in [0.1, 0.15) is 11.5 Å². The summed E-state index contributed by atoms with van der Waals surface area (Å²) in [6.07, 6.45) is 3.87. The first kappa shape index (κ1) is 22.1. The Bertz CT molecular complexity index is 1100. The van der Waals surface area contributed by atoms with Crippen LogP contribution in [-0.4, -0.2) is 39.8 Å². The van der Waals surface area contributed by atoms with Gasteiger partial charge in [-0.1, -0.05) is 25.1 Å². The molecule has 1 unspecified atom stereocenters. The number of pyridine rings is 2. The monoisotopic (exact) mass is 433 g/mol. The molecule has 6 nitrogen and oxygen atoms in total. The van der Waals surface area contributed by atoms with Crippen molar-refractivity contribution in [1.29, 1.82) is 0 Å². The molecule has 0 spiro atoms. The molecule has 3 heterocycles. The molecule has 2 aromatic heterocycles. The fraction of sp³-hybridized carbons (Fsp3) is 0.385. The lowest BCUT2D eigenvalue weighted by Gasteiger charge is -2.37. The van der Waals surface area contributed by atoms with Crippen LogP contribution in [0.1, 0.15) is 48.3 Å². The molecule has 6 heteroatoms. The number of likely N-dealkylation sites (tertiary alicyclic amines) is 1. The Balaban J connectivity index is 1.82. The zero-order chi connectivity index (χ0) is 22.7. The predicted octanol–water partition coefficient (Wildman–Crippen LogP) is 4.14. The van der Waals surface area contributed by atoms with Crippen molar-refractivity contribution >= 4 is 0 Å². The number of rotatable bonds is 6. The van der Waals surface area contributed by atoms with Crippen LogP contribution in [0.4, 0.5) is 0 Å². The molecule has 0 radical (unpaired) electrons. The third-order valence-corrected chi connectivity index (χ3v) is 6.46. The van der Waals surface area contributed by atoms with Crippen molar-refractivity contribution in [3.05, 3.63) is 87.6 Å². The Kier molecular flexibility index (Phi) is 6.61. The maximum atomic E-state index is 13.8. The van der Waals surface area contributed by atoms with Crippen LogP contribution in [0, 0.1) is 12.8 Å². The number of aryl methyl sites for hydroxylation is 1. The minimum atomic E-state index is -0.323. The molecule has 0 saturated carbocycles. The van der Waals surface area contributed by atoms with Gasteiger partial charge in [0.2, 0.25) is 0 Å². The molecule has 1 fully saturated rings. The number of piperidine rings is 1. The first-order valence-corrected chi connectivity index (χ1v) is 11.2. The van der Waals surface area contributed by atoms with E-state index < -0.39 is 0 Å². The van der Waals surface area contributed by atoms with E-state index in [-0.39, 0.29) is 17.4 Å². The van der Waals surface area contributed by atoms with E-state index >= 15 is 0 Å². The van der Waals surface area contributed by atoms with Crippen LogP contribution in [0.5, 0.6) is 11.5 Å². The fourth-order valence-electron chi connectivity index (χ4n) is 4.51. The third-order valence-electron chi connectivity index (χ3n) is 6.46. The van der Waals surface area contributed by atoms with Crippen LogP contribution >= 0.6 is 0 Å². The van der Waals surface area contributed by atoms with Gasteiger partial charge in [0, 0.05) is 11.9 Å². The number of nitrogens with zero attached hydrogens (tertiary/aromatic N) is 3. The molecule has 1 saturated heterocycles. The van der Waals surface area contributed by atoms with Crippen LogP contribution in [0.15, 0.2) is 59.5 Å². The molecule has 168 valence electrons. The smallest absolute Gasteiger partial charge is 0.260 e. The van der Waals surface area contributed by atoms with Crippen molar-refractivity contribution in [2.24, 2.45) is 5.92 Å². The van der Waals surface area contributed by atoms with Crippen molar-refractivity contribution in [3.8, 4) is 11.5 Å². The summed E-state index contributed by atoms with van der Waals surface area (Å²) in [5.74, 6) is 1.47. The highest BCUT2D eigenvalue weighted by Crippen LogP contribution is 2.35. The zero-order valence-electron chi connectivity index (χ0n) is 19.0. The molecule has 1 aliphatic heterocycles. The molecule has 4 rings (SSSR count). The van der Waals surface area contributed by atoms with Crippen molar-refractivity contribution < 1.29 is 9.84 Å². The maximum absolute atomic E-state index is 13.8. The van der Waals surface area contributed by atoms with Gasteiger partial charge in [-0.15, -0.1) is 0 Å². The molecule has 0 aliphatic carbocycles. The number of benzene rings is 1. The molecular weight excluding hydrogens is 402 g/mol. The topological polar surface area (TPSA) is 67.6 Å². The Hall–Kier alpha value is -3.12. The van der Waals surface area contributed by atoms with E-state index in [1.54, 1.807) is 23.9 Å². The van der Waals surface area contributed by atoms with Gasteiger partial charge in [0.05, 0.1) is 31.0 Å². The van der Waals surface area contributed by atoms with E-state index in [4.69, 9.17) is 4.74 Å². The molecule has 1 aromatic carbocycles. The SMILES string of the molecule is COc1ccc(C(c2c(O)cc(C)n(Cc3ccccn3)c2=O)N2CCC(C)CC2)cc1. The van der Waals surface area contributed by atoms with Crippen LogP contribution in [-0.2, 0) is 6.54 Å². The van der Waals surface area contributed by atoms with Crippen LogP contribution < -0.4 is 10.3 Å². The number of aromatic nitrogens is 2. The third kappa shape index (κ3) is 4.55. The van der Waals surface area contributed by atoms with Crippen LogP contribution in [0.3, 0.4) is 0 Å². The highest BCUT2D eigenvalue weighted by atomic mass is 16.5. The zero-order valence-corrected chi connectivity index (χ0v) is 19.0.